The van der Waals surface area contributed by atoms with Crippen LogP contribution in [0.1, 0.15) is 21.6 Å². The van der Waals surface area contributed by atoms with Gasteiger partial charge in [-0.25, -0.2) is 0 Å². The Kier molecular flexibility index (Phi) is 6.99. The van der Waals surface area contributed by atoms with Gasteiger partial charge >= 0.3 is 0 Å². The van der Waals surface area contributed by atoms with Gasteiger partial charge in [0.25, 0.3) is 5.91 Å². The molecule has 1 aliphatic rings. The smallest absolute Gasteiger partial charge is 0.272 e. The lowest BCUT2D eigenvalue weighted by Crippen LogP contribution is -2.40. The van der Waals surface area contributed by atoms with Crippen molar-refractivity contribution in [1.82, 2.24) is 24.6 Å². The third-order valence-corrected chi connectivity index (χ3v) is 5.60. The van der Waals surface area contributed by atoms with Crippen molar-refractivity contribution in [3.63, 3.8) is 0 Å². The number of aryl methyl sites for hydroxylation is 1. The highest BCUT2D eigenvalue weighted by atomic mass is 16.5. The number of hydrogen-bond acceptors (Lipinski definition) is 6. The molecule has 0 N–H and O–H groups in total. The number of benzene rings is 1. The second kappa shape index (κ2) is 10.3. The highest BCUT2D eigenvalue weighted by Crippen LogP contribution is 2.18. The van der Waals surface area contributed by atoms with Gasteiger partial charge in [-0.1, -0.05) is 18.2 Å². The zero-order chi connectivity index (χ0) is 23.2. The first-order valence-corrected chi connectivity index (χ1v) is 10.7. The lowest BCUT2D eigenvalue weighted by molar-refractivity contribution is -0.132. The van der Waals surface area contributed by atoms with Gasteiger partial charge in [0.2, 0.25) is 5.91 Å². The van der Waals surface area contributed by atoms with Crippen molar-refractivity contribution in [3.05, 3.63) is 77.9 Å². The minimum Gasteiger partial charge on any atom is -0.497 e. The molecule has 1 unspecified atom stereocenters. The fourth-order valence-corrected chi connectivity index (χ4v) is 3.79. The summed E-state index contributed by atoms with van der Waals surface area (Å²) in [6.45, 7) is 1.42. The standard InChI is InChI=1S/C24H27N5O4/c1-27-22(9-11-26-27)24(31)29-15-21(33-17-19-4-3-10-25-12-19)14-28(23(30)16-29)13-18-5-7-20(32-2)8-6-18/h3-12,21H,13-17H2,1-2H3. The zero-order valence-corrected chi connectivity index (χ0v) is 18.8. The maximum absolute atomic E-state index is 13.2. The van der Waals surface area contributed by atoms with E-state index in [0.29, 0.717) is 31.9 Å². The first kappa shape index (κ1) is 22.5. The summed E-state index contributed by atoms with van der Waals surface area (Å²) < 4.78 is 12.9. The van der Waals surface area contributed by atoms with Gasteiger partial charge in [-0.2, -0.15) is 5.10 Å². The van der Waals surface area contributed by atoms with E-state index in [0.717, 1.165) is 16.9 Å². The average molecular weight is 450 g/mol. The van der Waals surface area contributed by atoms with Crippen LogP contribution in [0.5, 0.6) is 5.75 Å². The van der Waals surface area contributed by atoms with Gasteiger partial charge in [-0.3, -0.25) is 19.3 Å². The van der Waals surface area contributed by atoms with Crippen LogP contribution >= 0.6 is 0 Å². The molecule has 1 fully saturated rings. The molecule has 0 aliphatic carbocycles. The van der Waals surface area contributed by atoms with Crippen LogP contribution in [0.25, 0.3) is 0 Å². The number of carbonyl (C=O) groups is 2. The third kappa shape index (κ3) is 5.56. The van der Waals surface area contributed by atoms with Crippen molar-refractivity contribution in [2.45, 2.75) is 19.3 Å². The van der Waals surface area contributed by atoms with Crippen LogP contribution in [0, 0.1) is 0 Å². The Morgan fingerprint density at radius 1 is 1.09 bits per heavy atom. The van der Waals surface area contributed by atoms with Gasteiger partial charge in [0, 0.05) is 45.3 Å². The second-order valence-electron chi connectivity index (χ2n) is 7.94. The number of nitrogens with zero attached hydrogens (tertiary/aromatic N) is 5. The van der Waals surface area contributed by atoms with Crippen molar-refractivity contribution in [2.75, 3.05) is 26.7 Å². The van der Waals surface area contributed by atoms with Crippen LogP contribution in [-0.4, -0.2) is 69.2 Å². The number of aromatic nitrogens is 3. The number of rotatable bonds is 7. The minimum atomic E-state index is -0.355. The van der Waals surface area contributed by atoms with E-state index in [-0.39, 0.29) is 24.5 Å². The molecule has 3 aromatic rings. The predicted molar refractivity (Wildman–Crippen MR) is 120 cm³/mol. The first-order valence-electron chi connectivity index (χ1n) is 10.7. The van der Waals surface area contributed by atoms with E-state index < -0.39 is 0 Å². The van der Waals surface area contributed by atoms with Crippen LogP contribution in [0.2, 0.25) is 0 Å². The van der Waals surface area contributed by atoms with Gasteiger partial charge < -0.3 is 19.3 Å². The van der Waals surface area contributed by atoms with E-state index in [1.807, 2.05) is 36.4 Å². The molecule has 1 aromatic carbocycles. The van der Waals surface area contributed by atoms with Crippen LogP contribution in [0.3, 0.4) is 0 Å². The van der Waals surface area contributed by atoms with Crippen molar-refractivity contribution in [2.24, 2.45) is 7.05 Å². The number of hydrogen-bond donors (Lipinski definition) is 0. The SMILES string of the molecule is COc1ccc(CN2CC(OCc3cccnc3)CN(C(=O)c3ccnn3C)CC2=O)cc1. The van der Waals surface area contributed by atoms with Crippen LogP contribution in [0.15, 0.2) is 61.1 Å². The molecular weight excluding hydrogens is 422 g/mol. The van der Waals surface area contributed by atoms with Crippen molar-refractivity contribution in [3.8, 4) is 5.75 Å². The zero-order valence-electron chi connectivity index (χ0n) is 18.8. The number of carbonyl (C=O) groups excluding carboxylic acids is 2. The Balaban J connectivity index is 1.53. The number of amides is 2. The molecule has 4 rings (SSSR count). The molecule has 3 heterocycles. The molecule has 1 saturated heterocycles. The summed E-state index contributed by atoms with van der Waals surface area (Å²) in [7, 11) is 3.32. The maximum Gasteiger partial charge on any atom is 0.272 e. The molecule has 0 spiro atoms. The summed E-state index contributed by atoms with van der Waals surface area (Å²) in [6.07, 6.45) is 4.67. The van der Waals surface area contributed by atoms with Gasteiger partial charge in [-0.15, -0.1) is 0 Å². The van der Waals surface area contributed by atoms with E-state index >= 15 is 0 Å². The summed E-state index contributed by atoms with van der Waals surface area (Å²) in [5, 5.41) is 4.08. The van der Waals surface area contributed by atoms with E-state index in [1.54, 1.807) is 48.6 Å². The third-order valence-electron chi connectivity index (χ3n) is 5.60. The maximum atomic E-state index is 13.2. The van der Waals surface area contributed by atoms with E-state index in [1.165, 1.54) is 4.68 Å². The minimum absolute atomic E-state index is 0.0209. The van der Waals surface area contributed by atoms with Gasteiger partial charge in [0.1, 0.15) is 18.0 Å². The Labute approximate surface area is 192 Å². The molecule has 0 radical (unpaired) electrons. The van der Waals surface area contributed by atoms with Gasteiger partial charge in [0.15, 0.2) is 0 Å². The van der Waals surface area contributed by atoms with E-state index in [2.05, 4.69) is 10.1 Å². The molecule has 0 bridgehead atoms. The highest BCUT2D eigenvalue weighted by molar-refractivity contribution is 5.95. The normalized spacial score (nSPS) is 16.5. The second-order valence-corrected chi connectivity index (χ2v) is 7.94. The van der Waals surface area contributed by atoms with E-state index in [4.69, 9.17) is 9.47 Å². The highest BCUT2D eigenvalue weighted by Gasteiger charge is 2.32. The van der Waals surface area contributed by atoms with Gasteiger partial charge in [0.05, 0.1) is 19.8 Å². The largest absolute Gasteiger partial charge is 0.497 e. The molecule has 2 aromatic heterocycles. The summed E-state index contributed by atoms with van der Waals surface area (Å²) in [6, 6.07) is 13.0. The molecule has 9 heteroatoms. The molecule has 1 atom stereocenters. The number of methoxy groups -OCH3 is 1. The lowest BCUT2D eigenvalue weighted by Gasteiger charge is -2.25. The van der Waals surface area contributed by atoms with Crippen molar-refractivity contribution in [1.29, 1.82) is 0 Å². The fourth-order valence-electron chi connectivity index (χ4n) is 3.79. The Bertz CT molecular complexity index is 1080. The summed E-state index contributed by atoms with van der Waals surface area (Å²) in [5.74, 6) is 0.380. The molecular formula is C24H27N5O4. The first-order chi connectivity index (χ1) is 16.0. The average Bonchev–Trinajstić information content (AvgIpc) is 3.20. The Morgan fingerprint density at radius 2 is 1.91 bits per heavy atom. The monoisotopic (exact) mass is 449 g/mol. The Morgan fingerprint density at radius 3 is 2.58 bits per heavy atom. The molecule has 0 saturated carbocycles. The number of pyridine rings is 1. The number of ether oxygens (including phenoxy) is 2. The van der Waals surface area contributed by atoms with E-state index in [9.17, 15) is 9.59 Å². The molecule has 33 heavy (non-hydrogen) atoms. The van der Waals surface area contributed by atoms with Gasteiger partial charge in [-0.05, 0) is 35.4 Å². The summed E-state index contributed by atoms with van der Waals surface area (Å²) in [4.78, 5) is 33.7. The Hall–Kier alpha value is -3.72. The molecule has 1 aliphatic heterocycles. The lowest BCUT2D eigenvalue weighted by atomic mass is 10.2. The van der Waals surface area contributed by atoms with Crippen LogP contribution in [0.4, 0.5) is 0 Å². The topological polar surface area (TPSA) is 89.8 Å². The molecule has 2 amide bonds. The van der Waals surface area contributed by atoms with Crippen molar-refractivity contribution < 1.29 is 19.1 Å². The quantitative estimate of drug-likeness (QED) is 0.547. The molecule has 9 nitrogen and oxygen atoms in total. The predicted octanol–water partition coefficient (Wildman–Crippen LogP) is 1.89. The summed E-state index contributed by atoms with van der Waals surface area (Å²) in [5.41, 5.74) is 2.33. The fraction of sp³-hybridized carbons (Fsp3) is 0.333. The van der Waals surface area contributed by atoms with Crippen LogP contribution < -0.4 is 4.74 Å². The van der Waals surface area contributed by atoms with Crippen LogP contribution in [-0.2, 0) is 29.7 Å². The van der Waals surface area contributed by atoms with Crippen molar-refractivity contribution >= 4 is 11.8 Å². The summed E-state index contributed by atoms with van der Waals surface area (Å²) >= 11 is 0. The molecule has 172 valence electrons.